The molecule has 0 radical (unpaired) electrons. The van der Waals surface area contributed by atoms with Crippen molar-refractivity contribution in [3.63, 3.8) is 0 Å². The highest BCUT2D eigenvalue weighted by molar-refractivity contribution is 5.60. The van der Waals surface area contributed by atoms with Gasteiger partial charge < -0.3 is 9.47 Å². The zero-order valence-electron chi connectivity index (χ0n) is 16.3. The number of hydrogen-bond donors (Lipinski definition) is 0. The van der Waals surface area contributed by atoms with Crippen molar-refractivity contribution in [2.75, 3.05) is 13.2 Å². The normalized spacial score (nSPS) is 11.8. The smallest absolute Gasteiger partial charge is 0.430 e. The van der Waals surface area contributed by atoms with Crippen LogP contribution in [-0.2, 0) is 9.47 Å². The Hall–Kier alpha value is -1.77. The largest absolute Gasteiger partial charge is 0.508 e. The Morgan fingerprint density at radius 2 is 1.04 bits per heavy atom. The maximum atomic E-state index is 11.5. The second kappa shape index (κ2) is 13.6. The molecule has 0 saturated carbocycles. The molecule has 0 aromatic carbocycles. The van der Waals surface area contributed by atoms with Crippen LogP contribution in [-0.4, -0.2) is 19.4 Å². The van der Waals surface area contributed by atoms with E-state index in [0.29, 0.717) is 0 Å². The van der Waals surface area contributed by atoms with Gasteiger partial charge in [-0.2, -0.15) is 0 Å². The van der Waals surface area contributed by atoms with E-state index < -0.39 is 6.16 Å². The molecule has 0 spiro atoms. The van der Waals surface area contributed by atoms with Gasteiger partial charge in [0.2, 0.25) is 0 Å². The molecule has 0 amide bonds. The van der Waals surface area contributed by atoms with Crippen LogP contribution in [0.15, 0.2) is 46.6 Å². The SMILES string of the molecule is CC(C)=CCC/C(C)=C/COC(=O)OC/C=C(\C)CCC=C(C)C. The van der Waals surface area contributed by atoms with Crippen LogP contribution in [0.4, 0.5) is 4.79 Å². The Morgan fingerprint density at radius 3 is 1.38 bits per heavy atom. The topological polar surface area (TPSA) is 35.5 Å². The molecular weight excluding hydrogens is 300 g/mol. The van der Waals surface area contributed by atoms with Crippen molar-refractivity contribution < 1.29 is 14.3 Å². The van der Waals surface area contributed by atoms with E-state index in [1.807, 2.05) is 26.0 Å². The third-order valence-corrected chi connectivity index (χ3v) is 3.45. The molecule has 24 heavy (non-hydrogen) atoms. The minimum atomic E-state index is -0.614. The Balaban J connectivity index is 3.90. The molecule has 0 N–H and O–H groups in total. The zero-order chi connectivity index (χ0) is 18.4. The van der Waals surface area contributed by atoms with Gasteiger partial charge in [0.1, 0.15) is 13.2 Å². The fourth-order valence-corrected chi connectivity index (χ4v) is 1.93. The molecule has 3 nitrogen and oxygen atoms in total. The predicted octanol–water partition coefficient (Wildman–Crippen LogP) is 6.53. The van der Waals surface area contributed by atoms with Crippen molar-refractivity contribution in [1.82, 2.24) is 0 Å². The molecule has 3 heteroatoms. The van der Waals surface area contributed by atoms with Crippen LogP contribution in [0.2, 0.25) is 0 Å². The summed E-state index contributed by atoms with van der Waals surface area (Å²) < 4.78 is 10.1. The summed E-state index contributed by atoms with van der Waals surface area (Å²) in [5.41, 5.74) is 5.09. The van der Waals surface area contributed by atoms with E-state index in [1.165, 1.54) is 22.3 Å². The van der Waals surface area contributed by atoms with Crippen molar-refractivity contribution in [2.24, 2.45) is 0 Å². The van der Waals surface area contributed by atoms with Crippen molar-refractivity contribution in [2.45, 2.75) is 67.2 Å². The fourth-order valence-electron chi connectivity index (χ4n) is 1.93. The van der Waals surface area contributed by atoms with E-state index in [9.17, 15) is 4.79 Å². The molecule has 0 saturated heterocycles. The highest BCUT2D eigenvalue weighted by Crippen LogP contribution is 2.07. The van der Waals surface area contributed by atoms with Crippen molar-refractivity contribution in [3.8, 4) is 0 Å². The number of hydrogen-bond acceptors (Lipinski definition) is 3. The van der Waals surface area contributed by atoms with E-state index >= 15 is 0 Å². The van der Waals surface area contributed by atoms with Crippen molar-refractivity contribution >= 4 is 6.16 Å². The van der Waals surface area contributed by atoms with Crippen LogP contribution in [0, 0.1) is 0 Å². The summed E-state index contributed by atoms with van der Waals surface area (Å²) in [7, 11) is 0. The van der Waals surface area contributed by atoms with Crippen LogP contribution < -0.4 is 0 Å². The van der Waals surface area contributed by atoms with Gasteiger partial charge in [-0.3, -0.25) is 0 Å². The first-order valence-corrected chi connectivity index (χ1v) is 8.68. The molecule has 0 aromatic rings. The maximum Gasteiger partial charge on any atom is 0.508 e. The second-order valence-electron chi connectivity index (χ2n) is 6.61. The lowest BCUT2D eigenvalue weighted by Crippen LogP contribution is -2.07. The van der Waals surface area contributed by atoms with E-state index in [2.05, 4.69) is 39.8 Å². The van der Waals surface area contributed by atoms with Gasteiger partial charge in [0.15, 0.2) is 0 Å². The van der Waals surface area contributed by atoms with Gasteiger partial charge in [0.25, 0.3) is 0 Å². The molecule has 0 heterocycles. The van der Waals surface area contributed by atoms with Crippen LogP contribution in [0.5, 0.6) is 0 Å². The average Bonchev–Trinajstić information content (AvgIpc) is 2.46. The lowest BCUT2D eigenvalue weighted by Gasteiger charge is -2.04. The summed E-state index contributed by atoms with van der Waals surface area (Å²) in [5, 5.41) is 0. The first-order chi connectivity index (χ1) is 11.3. The summed E-state index contributed by atoms with van der Waals surface area (Å²) in [6.45, 7) is 13.0. The quantitative estimate of drug-likeness (QED) is 0.337. The standard InChI is InChI=1S/C21H34O3/c1-17(2)9-7-11-19(5)13-15-23-21(22)24-16-14-20(6)12-8-10-18(3)4/h9-10,13-14H,7-8,11-12,15-16H2,1-6H3/b19-13+,20-14+. The second-order valence-corrected chi connectivity index (χ2v) is 6.61. The maximum absolute atomic E-state index is 11.5. The van der Waals surface area contributed by atoms with E-state index in [-0.39, 0.29) is 13.2 Å². The molecule has 0 unspecified atom stereocenters. The summed E-state index contributed by atoms with van der Waals surface area (Å²) in [6.07, 6.45) is 11.7. The molecule has 0 aliphatic rings. The Kier molecular flexibility index (Phi) is 12.6. The van der Waals surface area contributed by atoms with Gasteiger partial charge in [-0.1, -0.05) is 34.4 Å². The third-order valence-electron chi connectivity index (χ3n) is 3.45. The minimum absolute atomic E-state index is 0.267. The van der Waals surface area contributed by atoms with E-state index in [1.54, 1.807) is 0 Å². The molecule has 0 fully saturated rings. The van der Waals surface area contributed by atoms with Crippen LogP contribution >= 0.6 is 0 Å². The van der Waals surface area contributed by atoms with Gasteiger partial charge in [-0.25, -0.2) is 4.79 Å². The molecule has 0 bridgehead atoms. The Bertz CT molecular complexity index is 441. The number of carbonyl (C=O) groups is 1. The van der Waals surface area contributed by atoms with Crippen LogP contribution in [0.25, 0.3) is 0 Å². The summed E-state index contributed by atoms with van der Waals surface area (Å²) >= 11 is 0. The van der Waals surface area contributed by atoms with Gasteiger partial charge in [0, 0.05) is 0 Å². The minimum Gasteiger partial charge on any atom is -0.430 e. The Labute approximate surface area is 148 Å². The first-order valence-electron chi connectivity index (χ1n) is 8.68. The van der Waals surface area contributed by atoms with E-state index in [4.69, 9.17) is 9.47 Å². The monoisotopic (exact) mass is 334 g/mol. The van der Waals surface area contributed by atoms with Gasteiger partial charge in [-0.15, -0.1) is 0 Å². The van der Waals surface area contributed by atoms with Gasteiger partial charge in [0.05, 0.1) is 0 Å². The Morgan fingerprint density at radius 1 is 0.667 bits per heavy atom. The van der Waals surface area contributed by atoms with Crippen LogP contribution in [0.1, 0.15) is 67.2 Å². The van der Waals surface area contributed by atoms with Crippen molar-refractivity contribution in [1.29, 1.82) is 0 Å². The van der Waals surface area contributed by atoms with Gasteiger partial charge in [-0.05, 0) is 79.4 Å². The number of allylic oxidation sites excluding steroid dienone is 6. The highest BCUT2D eigenvalue weighted by Gasteiger charge is 2.01. The summed E-state index contributed by atoms with van der Waals surface area (Å²) in [4.78, 5) is 11.5. The summed E-state index contributed by atoms with van der Waals surface area (Å²) in [6, 6.07) is 0. The number of rotatable bonds is 10. The third kappa shape index (κ3) is 15.1. The van der Waals surface area contributed by atoms with Gasteiger partial charge >= 0.3 is 6.16 Å². The summed E-state index contributed by atoms with van der Waals surface area (Å²) in [5.74, 6) is 0. The highest BCUT2D eigenvalue weighted by atomic mass is 16.7. The first kappa shape index (κ1) is 22.2. The zero-order valence-corrected chi connectivity index (χ0v) is 16.3. The molecule has 0 rings (SSSR count). The molecule has 0 aliphatic carbocycles. The molecule has 0 aliphatic heterocycles. The molecular formula is C21H34O3. The van der Waals surface area contributed by atoms with Crippen LogP contribution in [0.3, 0.4) is 0 Å². The number of ether oxygens (including phenoxy) is 2. The predicted molar refractivity (Wildman–Crippen MR) is 102 cm³/mol. The van der Waals surface area contributed by atoms with E-state index in [0.717, 1.165) is 25.7 Å². The molecule has 0 atom stereocenters. The van der Waals surface area contributed by atoms with Crippen molar-refractivity contribution in [3.05, 3.63) is 46.6 Å². The fraction of sp³-hybridized carbons (Fsp3) is 0.571. The average molecular weight is 335 g/mol. The lowest BCUT2D eigenvalue weighted by molar-refractivity contribution is 0.0715. The number of carbonyl (C=O) groups excluding carboxylic acids is 1. The molecule has 136 valence electrons. The lowest BCUT2D eigenvalue weighted by atomic mass is 10.1. The molecule has 0 aromatic heterocycles.